The lowest BCUT2D eigenvalue weighted by molar-refractivity contribution is 0.540. The predicted octanol–water partition coefficient (Wildman–Crippen LogP) is 4.70. The molecule has 0 spiro atoms. The number of nitrogens with zero attached hydrogens (tertiary/aromatic N) is 1. The Morgan fingerprint density at radius 1 is 1.14 bits per heavy atom. The molecule has 1 aliphatic heterocycles. The highest BCUT2D eigenvalue weighted by atomic mass is 35.5. The molecule has 0 saturated heterocycles. The zero-order valence-electron chi connectivity index (χ0n) is 11.6. The third-order valence-corrected chi connectivity index (χ3v) is 4.93. The molecule has 1 heterocycles. The topological polar surface area (TPSA) is 24.4 Å². The summed E-state index contributed by atoms with van der Waals surface area (Å²) in [6.45, 7) is 0.984. The highest BCUT2D eigenvalue weighted by molar-refractivity contribution is 7.98. The molecule has 21 heavy (non-hydrogen) atoms. The number of benzene rings is 2. The van der Waals surface area contributed by atoms with Crippen molar-refractivity contribution in [1.29, 1.82) is 0 Å². The van der Waals surface area contributed by atoms with E-state index in [1.54, 1.807) is 0 Å². The third-order valence-electron chi connectivity index (χ3n) is 3.42. The van der Waals surface area contributed by atoms with Gasteiger partial charge in [-0.15, -0.1) is 11.8 Å². The van der Waals surface area contributed by atoms with Gasteiger partial charge in [0.25, 0.3) is 0 Å². The van der Waals surface area contributed by atoms with Crippen LogP contribution in [0.25, 0.3) is 0 Å². The molecule has 0 aliphatic carbocycles. The first-order valence-electron chi connectivity index (χ1n) is 7.05. The van der Waals surface area contributed by atoms with Crippen molar-refractivity contribution in [2.45, 2.75) is 23.2 Å². The molecule has 1 atom stereocenters. The van der Waals surface area contributed by atoms with Crippen LogP contribution in [0.4, 0.5) is 0 Å². The van der Waals surface area contributed by atoms with Crippen LogP contribution in [0.15, 0.2) is 58.4 Å². The summed E-state index contributed by atoms with van der Waals surface area (Å²) in [5.41, 5.74) is 2.41. The molecule has 4 heteroatoms. The van der Waals surface area contributed by atoms with Crippen LogP contribution in [0.5, 0.6) is 0 Å². The highest BCUT2D eigenvalue weighted by Gasteiger charge is 2.15. The van der Waals surface area contributed by atoms with Crippen molar-refractivity contribution in [2.24, 2.45) is 4.99 Å². The first-order chi connectivity index (χ1) is 10.3. The van der Waals surface area contributed by atoms with Crippen LogP contribution in [0.3, 0.4) is 0 Å². The first kappa shape index (κ1) is 14.6. The number of thioether (sulfide) groups is 1. The average molecular weight is 317 g/mol. The summed E-state index contributed by atoms with van der Waals surface area (Å²) in [6, 6.07) is 16.5. The molecule has 108 valence electrons. The van der Waals surface area contributed by atoms with Gasteiger partial charge >= 0.3 is 0 Å². The Balaban J connectivity index is 1.78. The Kier molecular flexibility index (Phi) is 4.96. The van der Waals surface area contributed by atoms with Gasteiger partial charge in [-0.1, -0.05) is 48.0 Å². The summed E-state index contributed by atoms with van der Waals surface area (Å²) in [6.07, 6.45) is 3.09. The van der Waals surface area contributed by atoms with E-state index in [9.17, 15) is 0 Å². The van der Waals surface area contributed by atoms with Crippen molar-refractivity contribution < 1.29 is 0 Å². The standard InChI is InChI=1S/C17H17ClN2S/c18-15-8-3-1-6-13(15)12-21-16-9-4-2-7-14(16)17-19-10-5-11-20-17/h1-4,6-10,17,20H,5,11-12H2. The van der Waals surface area contributed by atoms with Gasteiger partial charge in [0, 0.05) is 34.0 Å². The molecule has 0 amide bonds. The predicted molar refractivity (Wildman–Crippen MR) is 91.3 cm³/mol. The Labute approximate surface area is 134 Å². The van der Waals surface area contributed by atoms with E-state index in [1.165, 1.54) is 16.0 Å². The van der Waals surface area contributed by atoms with Gasteiger partial charge in [-0.2, -0.15) is 0 Å². The van der Waals surface area contributed by atoms with Crippen molar-refractivity contribution in [2.75, 3.05) is 6.54 Å². The molecular formula is C17H17ClN2S. The van der Waals surface area contributed by atoms with Gasteiger partial charge in [0.1, 0.15) is 6.17 Å². The molecule has 1 unspecified atom stereocenters. The lowest BCUT2D eigenvalue weighted by Gasteiger charge is -2.20. The van der Waals surface area contributed by atoms with E-state index in [0.29, 0.717) is 0 Å². The summed E-state index contributed by atoms with van der Waals surface area (Å²) < 4.78 is 0. The van der Waals surface area contributed by atoms with Crippen LogP contribution in [0.1, 0.15) is 23.7 Å². The van der Waals surface area contributed by atoms with Gasteiger partial charge in [-0.3, -0.25) is 10.3 Å². The summed E-state index contributed by atoms with van der Waals surface area (Å²) in [5, 5.41) is 4.28. The second kappa shape index (κ2) is 7.12. The van der Waals surface area contributed by atoms with Crippen LogP contribution >= 0.6 is 23.4 Å². The smallest absolute Gasteiger partial charge is 0.126 e. The summed E-state index contributed by atoms with van der Waals surface area (Å²) in [4.78, 5) is 5.82. The number of hydrogen-bond acceptors (Lipinski definition) is 3. The lowest BCUT2D eigenvalue weighted by Crippen LogP contribution is -2.25. The maximum absolute atomic E-state index is 6.23. The molecule has 1 aliphatic rings. The van der Waals surface area contributed by atoms with Crippen molar-refractivity contribution in [3.8, 4) is 0 Å². The first-order valence-corrected chi connectivity index (χ1v) is 8.41. The minimum absolute atomic E-state index is 0.0775. The van der Waals surface area contributed by atoms with E-state index < -0.39 is 0 Å². The van der Waals surface area contributed by atoms with E-state index >= 15 is 0 Å². The monoisotopic (exact) mass is 316 g/mol. The second-order valence-electron chi connectivity index (χ2n) is 4.89. The Morgan fingerprint density at radius 2 is 1.95 bits per heavy atom. The van der Waals surface area contributed by atoms with E-state index in [1.807, 2.05) is 36.2 Å². The number of aliphatic imine (C=N–C) groups is 1. The molecule has 0 fully saturated rings. The van der Waals surface area contributed by atoms with E-state index in [-0.39, 0.29) is 6.17 Å². The molecule has 3 rings (SSSR count). The van der Waals surface area contributed by atoms with Crippen molar-refractivity contribution in [1.82, 2.24) is 5.32 Å². The largest absolute Gasteiger partial charge is 0.292 e. The van der Waals surface area contributed by atoms with Crippen LogP contribution in [-0.4, -0.2) is 12.8 Å². The SMILES string of the molecule is Clc1ccccc1CSc1ccccc1C1N=CCCN1. The molecule has 0 bridgehead atoms. The Bertz CT molecular complexity index is 642. The van der Waals surface area contributed by atoms with Gasteiger partial charge in [-0.05, 0) is 24.1 Å². The second-order valence-corrected chi connectivity index (χ2v) is 6.32. The van der Waals surface area contributed by atoms with Crippen molar-refractivity contribution >= 4 is 29.6 Å². The van der Waals surface area contributed by atoms with E-state index in [2.05, 4.69) is 40.6 Å². The normalized spacial score (nSPS) is 17.9. The maximum Gasteiger partial charge on any atom is 0.126 e. The van der Waals surface area contributed by atoms with Crippen LogP contribution in [-0.2, 0) is 5.75 Å². The number of hydrogen-bond donors (Lipinski definition) is 1. The number of halogens is 1. The Morgan fingerprint density at radius 3 is 2.76 bits per heavy atom. The molecule has 0 saturated carbocycles. The Hall–Kier alpha value is -1.29. The van der Waals surface area contributed by atoms with Gasteiger partial charge in [-0.25, -0.2) is 0 Å². The molecule has 2 aromatic rings. The fourth-order valence-electron chi connectivity index (χ4n) is 2.32. The summed E-state index contributed by atoms with van der Waals surface area (Å²) in [7, 11) is 0. The third kappa shape index (κ3) is 3.67. The van der Waals surface area contributed by atoms with Gasteiger partial charge < -0.3 is 0 Å². The van der Waals surface area contributed by atoms with Gasteiger partial charge in [0.05, 0.1) is 0 Å². The van der Waals surface area contributed by atoms with E-state index in [4.69, 9.17) is 11.6 Å². The lowest BCUT2D eigenvalue weighted by atomic mass is 10.1. The summed E-state index contributed by atoms with van der Waals surface area (Å²) in [5.74, 6) is 0.868. The molecule has 0 radical (unpaired) electrons. The molecule has 2 aromatic carbocycles. The van der Waals surface area contributed by atoms with E-state index in [0.717, 1.165) is 23.7 Å². The highest BCUT2D eigenvalue weighted by Crippen LogP contribution is 2.32. The quantitative estimate of drug-likeness (QED) is 0.827. The molecule has 1 N–H and O–H groups in total. The van der Waals surface area contributed by atoms with Gasteiger partial charge in [0.2, 0.25) is 0 Å². The minimum atomic E-state index is 0.0775. The van der Waals surface area contributed by atoms with Crippen LogP contribution in [0, 0.1) is 0 Å². The van der Waals surface area contributed by atoms with Crippen LogP contribution < -0.4 is 5.32 Å². The molecular weight excluding hydrogens is 300 g/mol. The molecule has 0 aromatic heterocycles. The fraction of sp³-hybridized carbons (Fsp3) is 0.235. The van der Waals surface area contributed by atoms with Crippen LogP contribution in [0.2, 0.25) is 5.02 Å². The number of nitrogens with one attached hydrogen (secondary N) is 1. The minimum Gasteiger partial charge on any atom is -0.292 e. The summed E-state index contributed by atoms with van der Waals surface area (Å²) >= 11 is 8.04. The number of rotatable bonds is 4. The van der Waals surface area contributed by atoms with Crippen molar-refractivity contribution in [3.05, 3.63) is 64.7 Å². The average Bonchev–Trinajstić information content (AvgIpc) is 2.55. The van der Waals surface area contributed by atoms with Gasteiger partial charge in [0.15, 0.2) is 0 Å². The molecule has 2 nitrogen and oxygen atoms in total. The zero-order valence-corrected chi connectivity index (χ0v) is 13.2. The zero-order chi connectivity index (χ0) is 14.5. The van der Waals surface area contributed by atoms with Crippen molar-refractivity contribution in [3.63, 3.8) is 0 Å². The fourth-order valence-corrected chi connectivity index (χ4v) is 3.68. The maximum atomic E-state index is 6.23.